The molecular weight excluding hydrogens is 252 g/mol. The Bertz CT molecular complexity index is 594. The smallest absolute Gasteiger partial charge is 0.225 e. The summed E-state index contributed by atoms with van der Waals surface area (Å²) in [5, 5.41) is 9.91. The van der Waals surface area contributed by atoms with Gasteiger partial charge in [0.1, 0.15) is 5.75 Å². The molecule has 3 rings (SSSR count). The number of anilines is 1. The van der Waals surface area contributed by atoms with E-state index in [-0.39, 0.29) is 11.8 Å². The molecule has 1 saturated heterocycles. The molecular formula is C15H18N4O. The normalized spacial score (nSPS) is 16.4. The van der Waals surface area contributed by atoms with Gasteiger partial charge in [-0.2, -0.15) is 0 Å². The highest BCUT2D eigenvalue weighted by atomic mass is 16.3. The maximum absolute atomic E-state index is 9.91. The van der Waals surface area contributed by atoms with E-state index in [0.29, 0.717) is 5.95 Å². The van der Waals surface area contributed by atoms with Crippen molar-refractivity contribution in [3.63, 3.8) is 0 Å². The molecule has 1 aliphatic heterocycles. The number of nitrogens with zero attached hydrogens (tertiary/aromatic N) is 3. The van der Waals surface area contributed by atoms with Gasteiger partial charge in [-0.15, -0.1) is 0 Å². The number of nitrogens with two attached hydrogens (primary N) is 1. The van der Waals surface area contributed by atoms with E-state index >= 15 is 0 Å². The molecule has 1 aromatic heterocycles. The SMILES string of the molecule is NC1CCN(c2nccc(-c3ccccc3O)n2)CC1. The van der Waals surface area contributed by atoms with Crippen molar-refractivity contribution >= 4 is 5.95 Å². The number of phenolic OH excluding ortho intramolecular Hbond substituents is 1. The number of hydrogen-bond acceptors (Lipinski definition) is 5. The van der Waals surface area contributed by atoms with Gasteiger partial charge in [-0.3, -0.25) is 0 Å². The Kier molecular flexibility index (Phi) is 3.52. The quantitative estimate of drug-likeness (QED) is 0.870. The zero-order valence-electron chi connectivity index (χ0n) is 11.2. The maximum atomic E-state index is 9.91. The average Bonchev–Trinajstić information content (AvgIpc) is 2.49. The summed E-state index contributed by atoms with van der Waals surface area (Å²) in [6.45, 7) is 1.76. The lowest BCUT2D eigenvalue weighted by molar-refractivity contribution is 0.477. The van der Waals surface area contributed by atoms with Crippen molar-refractivity contribution in [3.05, 3.63) is 36.5 Å². The predicted molar refractivity (Wildman–Crippen MR) is 78.6 cm³/mol. The van der Waals surface area contributed by atoms with Crippen LogP contribution in [0.2, 0.25) is 0 Å². The van der Waals surface area contributed by atoms with E-state index in [1.54, 1.807) is 18.3 Å². The van der Waals surface area contributed by atoms with Crippen LogP contribution in [0.3, 0.4) is 0 Å². The van der Waals surface area contributed by atoms with Crippen molar-refractivity contribution in [1.29, 1.82) is 0 Å². The van der Waals surface area contributed by atoms with Crippen LogP contribution in [0.4, 0.5) is 5.95 Å². The molecule has 5 heteroatoms. The van der Waals surface area contributed by atoms with E-state index in [1.807, 2.05) is 18.2 Å². The third kappa shape index (κ3) is 2.58. The first-order valence-electron chi connectivity index (χ1n) is 6.86. The zero-order chi connectivity index (χ0) is 13.9. The molecule has 0 saturated carbocycles. The molecule has 20 heavy (non-hydrogen) atoms. The molecule has 0 bridgehead atoms. The van der Waals surface area contributed by atoms with Crippen LogP contribution in [0.25, 0.3) is 11.3 Å². The van der Waals surface area contributed by atoms with Crippen molar-refractivity contribution < 1.29 is 5.11 Å². The van der Waals surface area contributed by atoms with E-state index < -0.39 is 0 Å². The van der Waals surface area contributed by atoms with Gasteiger partial charge in [0.2, 0.25) is 5.95 Å². The summed E-state index contributed by atoms with van der Waals surface area (Å²) in [5.41, 5.74) is 7.38. The minimum absolute atomic E-state index is 0.234. The monoisotopic (exact) mass is 270 g/mol. The molecule has 0 aliphatic carbocycles. The van der Waals surface area contributed by atoms with Crippen molar-refractivity contribution in [3.8, 4) is 17.0 Å². The zero-order valence-corrected chi connectivity index (χ0v) is 11.2. The van der Waals surface area contributed by atoms with Crippen LogP contribution in [-0.2, 0) is 0 Å². The highest BCUT2D eigenvalue weighted by Crippen LogP contribution is 2.28. The van der Waals surface area contributed by atoms with Crippen molar-refractivity contribution in [2.45, 2.75) is 18.9 Å². The first-order chi connectivity index (χ1) is 9.74. The second kappa shape index (κ2) is 5.46. The summed E-state index contributed by atoms with van der Waals surface area (Å²) in [5.74, 6) is 0.940. The van der Waals surface area contributed by atoms with Crippen LogP contribution in [0.1, 0.15) is 12.8 Å². The summed E-state index contributed by atoms with van der Waals surface area (Å²) in [7, 11) is 0. The average molecular weight is 270 g/mol. The number of phenols is 1. The Morgan fingerprint density at radius 1 is 1.15 bits per heavy atom. The van der Waals surface area contributed by atoms with E-state index in [1.165, 1.54) is 0 Å². The van der Waals surface area contributed by atoms with Crippen molar-refractivity contribution in [2.24, 2.45) is 5.73 Å². The molecule has 2 heterocycles. The Balaban J connectivity index is 1.88. The van der Waals surface area contributed by atoms with Crippen molar-refractivity contribution in [1.82, 2.24) is 9.97 Å². The maximum Gasteiger partial charge on any atom is 0.225 e. The third-order valence-corrected chi connectivity index (χ3v) is 3.65. The Morgan fingerprint density at radius 2 is 1.90 bits per heavy atom. The fourth-order valence-electron chi connectivity index (χ4n) is 2.44. The van der Waals surface area contributed by atoms with Gasteiger partial charge in [0, 0.05) is 30.9 Å². The standard InChI is InChI=1S/C15H18N4O/c16-11-6-9-19(10-7-11)15-17-8-5-13(18-15)12-3-1-2-4-14(12)20/h1-5,8,11,20H,6-7,9-10,16H2. The molecule has 3 N–H and O–H groups in total. The third-order valence-electron chi connectivity index (χ3n) is 3.65. The summed E-state index contributed by atoms with van der Waals surface area (Å²) in [6.07, 6.45) is 3.66. The summed E-state index contributed by atoms with van der Waals surface area (Å²) in [6, 6.07) is 9.30. The second-order valence-electron chi connectivity index (χ2n) is 5.08. The lowest BCUT2D eigenvalue weighted by atomic mass is 10.1. The van der Waals surface area contributed by atoms with Gasteiger partial charge >= 0.3 is 0 Å². The molecule has 0 unspecified atom stereocenters. The molecule has 0 amide bonds. The molecule has 5 nitrogen and oxygen atoms in total. The largest absolute Gasteiger partial charge is 0.507 e. The van der Waals surface area contributed by atoms with Gasteiger partial charge in [0.05, 0.1) is 5.69 Å². The van der Waals surface area contributed by atoms with Crippen LogP contribution in [0.5, 0.6) is 5.75 Å². The lowest BCUT2D eigenvalue weighted by Crippen LogP contribution is -2.40. The first kappa shape index (κ1) is 12.9. The Morgan fingerprint density at radius 3 is 2.65 bits per heavy atom. The first-order valence-corrected chi connectivity index (χ1v) is 6.86. The number of aromatic nitrogens is 2. The van der Waals surface area contributed by atoms with Crippen LogP contribution in [-0.4, -0.2) is 34.2 Å². The molecule has 0 atom stereocenters. The summed E-state index contributed by atoms with van der Waals surface area (Å²) >= 11 is 0. The fraction of sp³-hybridized carbons (Fsp3) is 0.333. The summed E-state index contributed by atoms with van der Waals surface area (Å²) < 4.78 is 0. The van der Waals surface area contributed by atoms with E-state index in [9.17, 15) is 5.11 Å². The minimum atomic E-state index is 0.234. The molecule has 0 radical (unpaired) electrons. The Hall–Kier alpha value is -2.14. The second-order valence-corrected chi connectivity index (χ2v) is 5.08. The Labute approximate surface area is 118 Å². The van der Waals surface area contributed by atoms with Gasteiger partial charge in [-0.05, 0) is 31.0 Å². The van der Waals surface area contributed by atoms with Crippen LogP contribution < -0.4 is 10.6 Å². The lowest BCUT2D eigenvalue weighted by Gasteiger charge is -2.30. The van der Waals surface area contributed by atoms with Gasteiger partial charge < -0.3 is 15.7 Å². The number of piperidine rings is 1. The molecule has 1 aromatic carbocycles. The molecule has 0 spiro atoms. The fourth-order valence-corrected chi connectivity index (χ4v) is 2.44. The molecule has 2 aromatic rings. The van der Waals surface area contributed by atoms with E-state index in [4.69, 9.17) is 5.73 Å². The van der Waals surface area contributed by atoms with Gasteiger partial charge in [0.15, 0.2) is 0 Å². The van der Waals surface area contributed by atoms with Gasteiger partial charge in [-0.1, -0.05) is 12.1 Å². The van der Waals surface area contributed by atoms with Crippen LogP contribution >= 0.6 is 0 Å². The van der Waals surface area contributed by atoms with Crippen LogP contribution in [0.15, 0.2) is 36.5 Å². The number of hydrogen-bond donors (Lipinski definition) is 2. The highest BCUT2D eigenvalue weighted by Gasteiger charge is 2.18. The molecule has 1 aliphatic rings. The topological polar surface area (TPSA) is 75.3 Å². The highest BCUT2D eigenvalue weighted by molar-refractivity contribution is 5.67. The molecule has 104 valence electrons. The van der Waals surface area contributed by atoms with E-state index in [0.717, 1.165) is 37.2 Å². The number of aromatic hydroxyl groups is 1. The minimum Gasteiger partial charge on any atom is -0.507 e. The van der Waals surface area contributed by atoms with Crippen molar-refractivity contribution in [2.75, 3.05) is 18.0 Å². The number of para-hydroxylation sites is 1. The van der Waals surface area contributed by atoms with Crippen LogP contribution in [0, 0.1) is 0 Å². The molecule has 1 fully saturated rings. The predicted octanol–water partition coefficient (Wildman–Crippen LogP) is 1.78. The number of benzene rings is 1. The van der Waals surface area contributed by atoms with Gasteiger partial charge in [-0.25, -0.2) is 9.97 Å². The summed E-state index contributed by atoms with van der Waals surface area (Å²) in [4.78, 5) is 11.0. The number of rotatable bonds is 2. The van der Waals surface area contributed by atoms with Gasteiger partial charge in [0.25, 0.3) is 0 Å². The van der Waals surface area contributed by atoms with E-state index in [2.05, 4.69) is 14.9 Å².